The first kappa shape index (κ1) is 25.8. The van der Waals surface area contributed by atoms with Gasteiger partial charge in [-0.25, -0.2) is 4.39 Å². The topological polar surface area (TPSA) is 60.2 Å². The van der Waals surface area contributed by atoms with Crippen molar-refractivity contribution in [2.24, 2.45) is 0 Å². The number of aromatic amines is 1. The Labute approximate surface area is 240 Å². The number of H-pyrrole nitrogens is 1. The molecule has 0 bridgehead atoms. The molecule has 0 saturated carbocycles. The number of benzene rings is 4. The molecule has 6 rings (SSSR count). The van der Waals surface area contributed by atoms with E-state index in [0.717, 1.165) is 22.1 Å². The predicted molar refractivity (Wildman–Crippen MR) is 163 cm³/mol. The maximum absolute atomic E-state index is 15.1. The lowest BCUT2D eigenvalue weighted by Gasteiger charge is -2.28. The molecule has 0 spiro atoms. The Morgan fingerprint density at radius 1 is 0.925 bits per heavy atom. The van der Waals surface area contributed by atoms with Crippen molar-refractivity contribution in [3.63, 3.8) is 0 Å². The van der Waals surface area contributed by atoms with E-state index >= 15 is 4.39 Å². The molecule has 0 fully saturated rings. The lowest BCUT2D eigenvalue weighted by atomic mass is 9.94. The number of nitrogens with zero attached hydrogens (tertiary/aromatic N) is 1. The molecule has 40 heavy (non-hydrogen) atoms. The van der Waals surface area contributed by atoms with Crippen LogP contribution in [0.3, 0.4) is 0 Å². The van der Waals surface area contributed by atoms with E-state index in [2.05, 4.69) is 15.7 Å². The molecule has 0 unspecified atom stereocenters. The van der Waals surface area contributed by atoms with Gasteiger partial charge in [-0.05, 0) is 53.7 Å². The Balaban J connectivity index is 1.48. The molecule has 4 aromatic carbocycles. The van der Waals surface area contributed by atoms with Crippen LogP contribution in [0.4, 0.5) is 4.39 Å². The first-order valence-corrected chi connectivity index (χ1v) is 13.5. The number of hydrazine groups is 1. The zero-order chi connectivity index (χ0) is 27.6. The smallest absolute Gasteiger partial charge is 0.258 e. The number of hydrogen-bond donors (Lipinski definition) is 3. The van der Waals surface area contributed by atoms with Gasteiger partial charge < -0.3 is 10.3 Å². The molecular formula is C32H24ClFN4OS. The molecule has 0 amide bonds. The zero-order valence-corrected chi connectivity index (χ0v) is 22.8. The Kier molecular flexibility index (Phi) is 7.07. The van der Waals surface area contributed by atoms with Gasteiger partial charge in [0.25, 0.3) is 5.56 Å². The van der Waals surface area contributed by atoms with Gasteiger partial charge in [0, 0.05) is 33.6 Å². The highest BCUT2D eigenvalue weighted by Gasteiger charge is 2.33. The molecular weight excluding hydrogens is 543 g/mol. The Hall–Kier alpha value is -4.46. The van der Waals surface area contributed by atoms with Crippen molar-refractivity contribution in [3.05, 3.63) is 147 Å². The molecule has 1 aromatic heterocycles. The summed E-state index contributed by atoms with van der Waals surface area (Å²) in [7, 11) is 0. The summed E-state index contributed by atoms with van der Waals surface area (Å²) in [6.07, 6.45) is 1.84. The van der Waals surface area contributed by atoms with Crippen LogP contribution in [0.2, 0.25) is 5.02 Å². The quantitative estimate of drug-likeness (QED) is 0.201. The minimum atomic E-state index is -0.606. The number of rotatable bonds is 5. The van der Waals surface area contributed by atoms with Gasteiger partial charge in [0.1, 0.15) is 11.9 Å². The minimum absolute atomic E-state index is 0.287. The molecule has 8 heteroatoms. The van der Waals surface area contributed by atoms with E-state index in [0.29, 0.717) is 39.0 Å². The van der Waals surface area contributed by atoms with Gasteiger partial charge in [0.15, 0.2) is 5.11 Å². The summed E-state index contributed by atoms with van der Waals surface area (Å²) in [5, 5.41) is 6.66. The van der Waals surface area contributed by atoms with E-state index in [1.807, 2.05) is 72.8 Å². The molecule has 5 aromatic rings. The van der Waals surface area contributed by atoms with Gasteiger partial charge in [-0.2, -0.15) is 0 Å². The highest BCUT2D eigenvalue weighted by Crippen LogP contribution is 2.38. The van der Waals surface area contributed by atoms with Crippen LogP contribution in [0.25, 0.3) is 27.7 Å². The first-order valence-electron chi connectivity index (χ1n) is 12.7. The van der Waals surface area contributed by atoms with Crippen LogP contribution in [-0.4, -0.2) is 15.1 Å². The van der Waals surface area contributed by atoms with E-state index in [9.17, 15) is 4.79 Å². The predicted octanol–water partition coefficient (Wildman–Crippen LogP) is 6.96. The Bertz CT molecular complexity index is 1810. The average Bonchev–Trinajstić information content (AvgIpc) is 3.41. The molecule has 3 N–H and O–H groups in total. The number of thiocarbonyl (C=S) groups is 1. The fourth-order valence-electron chi connectivity index (χ4n) is 5.01. The monoisotopic (exact) mass is 566 g/mol. The highest BCUT2D eigenvalue weighted by atomic mass is 35.5. The van der Waals surface area contributed by atoms with Crippen molar-refractivity contribution in [2.45, 2.75) is 12.6 Å². The van der Waals surface area contributed by atoms with Crippen molar-refractivity contribution in [1.29, 1.82) is 0 Å². The van der Waals surface area contributed by atoms with Crippen LogP contribution in [0.1, 0.15) is 22.7 Å². The van der Waals surface area contributed by atoms with E-state index in [4.69, 9.17) is 23.8 Å². The van der Waals surface area contributed by atoms with Crippen LogP contribution in [0, 0.1) is 5.82 Å². The SMILES string of the molecule is O=c1[nH]c2ccc(Cl)cc2c(-c2ccccc2)c1C1=C[C@H](c2ccccc2F)N(C(=S)NCc2ccccc2)N1. The lowest BCUT2D eigenvalue weighted by Crippen LogP contribution is -2.45. The van der Waals surface area contributed by atoms with Crippen molar-refractivity contribution in [3.8, 4) is 11.1 Å². The molecule has 1 atom stereocenters. The molecule has 1 aliphatic heterocycles. The molecule has 0 radical (unpaired) electrons. The molecule has 0 saturated heterocycles. The lowest BCUT2D eigenvalue weighted by molar-refractivity contribution is 0.329. The molecule has 198 valence electrons. The number of nitrogens with one attached hydrogen (secondary N) is 3. The van der Waals surface area contributed by atoms with Crippen LogP contribution < -0.4 is 16.3 Å². The second-order valence-electron chi connectivity index (χ2n) is 9.43. The third-order valence-electron chi connectivity index (χ3n) is 6.88. The third-order valence-corrected chi connectivity index (χ3v) is 7.46. The van der Waals surface area contributed by atoms with Gasteiger partial charge in [-0.3, -0.25) is 15.2 Å². The average molecular weight is 567 g/mol. The van der Waals surface area contributed by atoms with Gasteiger partial charge in [0.2, 0.25) is 0 Å². The van der Waals surface area contributed by atoms with Gasteiger partial charge in [0.05, 0.1) is 11.3 Å². The zero-order valence-electron chi connectivity index (χ0n) is 21.2. The van der Waals surface area contributed by atoms with Crippen LogP contribution in [0.15, 0.2) is 114 Å². The maximum atomic E-state index is 15.1. The van der Waals surface area contributed by atoms with Crippen LogP contribution in [-0.2, 0) is 6.54 Å². The summed E-state index contributed by atoms with van der Waals surface area (Å²) in [6.45, 7) is 0.488. The number of pyridine rings is 1. The van der Waals surface area contributed by atoms with Crippen molar-refractivity contribution < 1.29 is 4.39 Å². The second-order valence-corrected chi connectivity index (χ2v) is 10.3. The molecule has 2 heterocycles. The second kappa shape index (κ2) is 11.0. The largest absolute Gasteiger partial charge is 0.357 e. The molecule has 0 aliphatic carbocycles. The summed E-state index contributed by atoms with van der Waals surface area (Å²) >= 11 is 12.2. The van der Waals surface area contributed by atoms with Gasteiger partial charge >= 0.3 is 0 Å². The van der Waals surface area contributed by atoms with Gasteiger partial charge in [-0.15, -0.1) is 0 Å². The molecule has 5 nitrogen and oxygen atoms in total. The summed E-state index contributed by atoms with van der Waals surface area (Å²) in [5.41, 5.74) is 7.67. The Morgan fingerprint density at radius 2 is 1.62 bits per heavy atom. The number of halogens is 2. The fraction of sp³-hybridized carbons (Fsp3) is 0.0625. The van der Waals surface area contributed by atoms with E-state index in [1.165, 1.54) is 6.07 Å². The number of fused-ring (bicyclic) bond motifs is 1. The molecule has 1 aliphatic rings. The highest BCUT2D eigenvalue weighted by molar-refractivity contribution is 7.80. The summed E-state index contributed by atoms with van der Waals surface area (Å²) in [4.78, 5) is 16.7. The van der Waals surface area contributed by atoms with Crippen LogP contribution in [0.5, 0.6) is 0 Å². The minimum Gasteiger partial charge on any atom is -0.357 e. The van der Waals surface area contributed by atoms with Crippen LogP contribution >= 0.6 is 23.8 Å². The van der Waals surface area contributed by atoms with Gasteiger partial charge in [-0.1, -0.05) is 90.5 Å². The summed E-state index contributed by atoms with van der Waals surface area (Å²) < 4.78 is 15.1. The summed E-state index contributed by atoms with van der Waals surface area (Å²) in [6, 6.07) is 30.9. The normalized spacial score (nSPS) is 14.6. The standard InChI is InChI=1S/C32H24ClFN4OS/c33-22-15-16-26-24(17-22)29(21-11-5-2-6-12-21)30(31(39)36-26)27-18-28(23-13-7-8-14-25(23)34)38(37-27)32(40)35-19-20-9-3-1-4-10-20/h1-18,28,37H,19H2,(H,35,40)(H,36,39)/t28-/m1/s1. The first-order chi connectivity index (χ1) is 19.5. The van der Waals surface area contributed by atoms with Crippen molar-refractivity contribution in [2.75, 3.05) is 0 Å². The van der Waals surface area contributed by atoms with Crippen molar-refractivity contribution in [1.82, 2.24) is 20.7 Å². The summed E-state index contributed by atoms with van der Waals surface area (Å²) in [5.74, 6) is -0.370. The number of aromatic nitrogens is 1. The Morgan fingerprint density at radius 3 is 2.38 bits per heavy atom. The number of hydrogen-bond acceptors (Lipinski definition) is 3. The van der Waals surface area contributed by atoms with E-state index in [-0.39, 0.29) is 11.4 Å². The van der Waals surface area contributed by atoms with Crippen molar-refractivity contribution >= 4 is 45.5 Å². The third kappa shape index (κ3) is 4.97. The fourth-order valence-corrected chi connectivity index (χ4v) is 5.42. The van der Waals surface area contributed by atoms with E-state index < -0.39 is 6.04 Å². The van der Waals surface area contributed by atoms with E-state index in [1.54, 1.807) is 35.3 Å². The maximum Gasteiger partial charge on any atom is 0.258 e.